The number of halogens is 3. The molecular weight excluding hydrogens is 285 g/mol. The minimum atomic E-state index is -4.71. The van der Waals surface area contributed by atoms with Crippen LogP contribution in [0, 0.1) is 0 Å². The number of hydrogen-bond donors (Lipinski definition) is 1. The molecule has 0 bridgehead atoms. The van der Waals surface area contributed by atoms with E-state index in [4.69, 9.17) is 5.73 Å². The fourth-order valence-corrected chi connectivity index (χ4v) is 2.49. The van der Waals surface area contributed by atoms with Crippen molar-refractivity contribution >= 4 is 5.91 Å². The highest BCUT2D eigenvalue weighted by Crippen LogP contribution is 2.23. The quantitative estimate of drug-likeness (QED) is 0.926. The predicted molar refractivity (Wildman–Crippen MR) is 70.6 cm³/mol. The number of rotatable bonds is 4. The number of benzene rings is 1. The van der Waals surface area contributed by atoms with Gasteiger partial charge in [-0.25, -0.2) is 0 Å². The molecule has 1 aliphatic heterocycles. The SMILES string of the molecule is NCC1CCCN1C(=O)Cc1ccc(OC(F)(F)F)cc1. The molecule has 1 unspecified atom stereocenters. The summed E-state index contributed by atoms with van der Waals surface area (Å²) < 4.78 is 39.9. The van der Waals surface area contributed by atoms with E-state index in [1.54, 1.807) is 4.90 Å². The van der Waals surface area contributed by atoms with Crippen molar-refractivity contribution in [1.29, 1.82) is 0 Å². The standard InChI is InChI=1S/C14H17F3N2O2/c15-14(16,17)21-12-5-3-10(4-6-12)8-13(20)19-7-1-2-11(19)9-18/h3-6,11H,1-2,7-9,18H2. The fourth-order valence-electron chi connectivity index (χ4n) is 2.49. The van der Waals surface area contributed by atoms with E-state index < -0.39 is 6.36 Å². The van der Waals surface area contributed by atoms with E-state index in [9.17, 15) is 18.0 Å². The van der Waals surface area contributed by atoms with Crippen LogP contribution in [0.1, 0.15) is 18.4 Å². The van der Waals surface area contributed by atoms with Crippen LogP contribution in [0.5, 0.6) is 5.75 Å². The highest BCUT2D eigenvalue weighted by Gasteiger charge is 2.31. The Labute approximate surface area is 120 Å². The Balaban J connectivity index is 1.95. The van der Waals surface area contributed by atoms with Crippen LogP contribution in [0.15, 0.2) is 24.3 Å². The van der Waals surface area contributed by atoms with Crippen molar-refractivity contribution in [3.8, 4) is 5.75 Å². The summed E-state index contributed by atoms with van der Waals surface area (Å²) in [6.07, 6.45) is -2.71. The highest BCUT2D eigenvalue weighted by atomic mass is 19.4. The molecule has 1 fully saturated rings. The molecule has 1 aromatic carbocycles. The predicted octanol–water partition coefficient (Wildman–Crippen LogP) is 2.08. The van der Waals surface area contributed by atoms with E-state index in [0.29, 0.717) is 18.7 Å². The first-order valence-corrected chi connectivity index (χ1v) is 6.73. The van der Waals surface area contributed by atoms with Gasteiger partial charge in [-0.2, -0.15) is 0 Å². The van der Waals surface area contributed by atoms with Gasteiger partial charge in [-0.3, -0.25) is 4.79 Å². The van der Waals surface area contributed by atoms with Crippen molar-refractivity contribution in [3.05, 3.63) is 29.8 Å². The summed E-state index contributed by atoms with van der Waals surface area (Å²) in [5.74, 6) is -0.341. The largest absolute Gasteiger partial charge is 0.573 e. The molecule has 1 atom stereocenters. The lowest BCUT2D eigenvalue weighted by Gasteiger charge is -2.23. The van der Waals surface area contributed by atoms with Crippen LogP contribution in [0.4, 0.5) is 13.2 Å². The first-order valence-electron chi connectivity index (χ1n) is 6.73. The van der Waals surface area contributed by atoms with Gasteiger partial charge in [0.25, 0.3) is 0 Å². The van der Waals surface area contributed by atoms with Crippen molar-refractivity contribution in [2.75, 3.05) is 13.1 Å². The maximum absolute atomic E-state index is 12.2. The molecule has 4 nitrogen and oxygen atoms in total. The van der Waals surface area contributed by atoms with Crippen LogP contribution >= 0.6 is 0 Å². The van der Waals surface area contributed by atoms with Gasteiger partial charge in [0.15, 0.2) is 0 Å². The molecule has 0 aromatic heterocycles. The van der Waals surface area contributed by atoms with Gasteiger partial charge >= 0.3 is 6.36 Å². The Morgan fingerprint density at radius 1 is 1.33 bits per heavy atom. The molecule has 1 aromatic rings. The van der Waals surface area contributed by atoms with Crippen molar-refractivity contribution in [2.45, 2.75) is 31.7 Å². The van der Waals surface area contributed by atoms with Gasteiger partial charge in [-0.15, -0.1) is 13.2 Å². The summed E-state index contributed by atoms with van der Waals surface area (Å²) in [5, 5.41) is 0. The number of likely N-dealkylation sites (tertiary alicyclic amines) is 1. The molecule has 2 rings (SSSR count). The normalized spacial score (nSPS) is 18.9. The molecule has 1 amide bonds. The number of amides is 1. The number of alkyl halides is 3. The van der Waals surface area contributed by atoms with Gasteiger partial charge in [0.05, 0.1) is 6.42 Å². The number of nitrogens with zero attached hydrogens (tertiary/aromatic N) is 1. The first-order chi connectivity index (χ1) is 9.89. The Morgan fingerprint density at radius 2 is 2.00 bits per heavy atom. The fraction of sp³-hybridized carbons (Fsp3) is 0.500. The van der Waals surface area contributed by atoms with Crippen LogP contribution in [0.3, 0.4) is 0 Å². The topological polar surface area (TPSA) is 55.6 Å². The van der Waals surface area contributed by atoms with Gasteiger partial charge in [-0.1, -0.05) is 12.1 Å². The number of hydrogen-bond acceptors (Lipinski definition) is 3. The molecule has 0 radical (unpaired) electrons. The molecule has 7 heteroatoms. The molecule has 21 heavy (non-hydrogen) atoms. The number of ether oxygens (including phenoxy) is 1. The number of carbonyl (C=O) groups excluding carboxylic acids is 1. The molecule has 0 aliphatic carbocycles. The Morgan fingerprint density at radius 3 is 2.57 bits per heavy atom. The molecule has 116 valence electrons. The molecule has 1 saturated heterocycles. The highest BCUT2D eigenvalue weighted by molar-refractivity contribution is 5.79. The van der Waals surface area contributed by atoms with Crippen molar-refractivity contribution < 1.29 is 22.7 Å². The monoisotopic (exact) mass is 302 g/mol. The average Bonchev–Trinajstić information content (AvgIpc) is 2.87. The van der Waals surface area contributed by atoms with Crippen LogP contribution < -0.4 is 10.5 Å². The van der Waals surface area contributed by atoms with Gasteiger partial charge in [0, 0.05) is 19.1 Å². The molecule has 0 spiro atoms. The van der Waals surface area contributed by atoms with Crippen molar-refractivity contribution in [1.82, 2.24) is 4.90 Å². The lowest BCUT2D eigenvalue weighted by Crippen LogP contribution is -2.40. The summed E-state index contributed by atoms with van der Waals surface area (Å²) in [6, 6.07) is 5.42. The zero-order valence-electron chi connectivity index (χ0n) is 11.4. The van der Waals surface area contributed by atoms with Gasteiger partial charge in [0.2, 0.25) is 5.91 Å². The molecule has 0 saturated carbocycles. The second-order valence-electron chi connectivity index (χ2n) is 4.99. The third-order valence-electron chi connectivity index (χ3n) is 3.48. The maximum Gasteiger partial charge on any atom is 0.573 e. The summed E-state index contributed by atoms with van der Waals surface area (Å²) in [6.45, 7) is 1.13. The van der Waals surface area contributed by atoms with E-state index in [1.165, 1.54) is 24.3 Å². The van der Waals surface area contributed by atoms with Crippen molar-refractivity contribution in [2.24, 2.45) is 5.73 Å². The Bertz CT molecular complexity index is 488. The number of nitrogens with two attached hydrogens (primary N) is 1. The van der Waals surface area contributed by atoms with Crippen LogP contribution in [-0.2, 0) is 11.2 Å². The van der Waals surface area contributed by atoms with E-state index in [-0.39, 0.29) is 24.1 Å². The van der Waals surface area contributed by atoms with E-state index in [0.717, 1.165) is 12.8 Å². The van der Waals surface area contributed by atoms with Gasteiger partial charge < -0.3 is 15.4 Å². The van der Waals surface area contributed by atoms with Crippen LogP contribution in [0.2, 0.25) is 0 Å². The lowest BCUT2D eigenvalue weighted by atomic mass is 10.1. The minimum Gasteiger partial charge on any atom is -0.406 e. The van der Waals surface area contributed by atoms with Gasteiger partial charge in [-0.05, 0) is 30.5 Å². The number of carbonyl (C=O) groups is 1. The smallest absolute Gasteiger partial charge is 0.406 e. The first kappa shape index (κ1) is 15.6. The zero-order valence-corrected chi connectivity index (χ0v) is 11.4. The molecule has 1 aliphatic rings. The van der Waals surface area contributed by atoms with Gasteiger partial charge in [0.1, 0.15) is 5.75 Å². The third-order valence-corrected chi connectivity index (χ3v) is 3.48. The van der Waals surface area contributed by atoms with Crippen LogP contribution in [0.25, 0.3) is 0 Å². The summed E-state index contributed by atoms with van der Waals surface area (Å²) in [5.41, 5.74) is 6.27. The average molecular weight is 302 g/mol. The molecular formula is C14H17F3N2O2. The third kappa shape index (κ3) is 4.35. The molecule has 1 heterocycles. The Hall–Kier alpha value is -1.76. The second kappa shape index (κ2) is 6.34. The summed E-state index contributed by atoms with van der Waals surface area (Å²) in [4.78, 5) is 13.9. The molecule has 2 N–H and O–H groups in total. The lowest BCUT2D eigenvalue weighted by molar-refractivity contribution is -0.274. The van der Waals surface area contributed by atoms with Crippen LogP contribution in [-0.4, -0.2) is 36.3 Å². The maximum atomic E-state index is 12.2. The van der Waals surface area contributed by atoms with Crippen molar-refractivity contribution in [3.63, 3.8) is 0 Å². The second-order valence-corrected chi connectivity index (χ2v) is 4.99. The Kier molecular flexibility index (Phi) is 4.72. The summed E-state index contributed by atoms with van der Waals surface area (Å²) >= 11 is 0. The minimum absolute atomic E-state index is 0.0487. The van der Waals surface area contributed by atoms with E-state index >= 15 is 0 Å². The zero-order chi connectivity index (χ0) is 15.5. The summed E-state index contributed by atoms with van der Waals surface area (Å²) in [7, 11) is 0. The van der Waals surface area contributed by atoms with E-state index in [1.807, 2.05) is 0 Å². The van der Waals surface area contributed by atoms with E-state index in [2.05, 4.69) is 4.74 Å².